The normalized spacial score (nSPS) is 26.0. The highest BCUT2D eigenvalue weighted by Gasteiger charge is 2.35. The van der Waals surface area contributed by atoms with Gasteiger partial charge >= 0.3 is 0 Å². The van der Waals surface area contributed by atoms with Crippen LogP contribution in [0.4, 0.5) is 0 Å². The van der Waals surface area contributed by atoms with Gasteiger partial charge < -0.3 is 19.3 Å². The van der Waals surface area contributed by atoms with E-state index >= 15 is 0 Å². The molecule has 2 aliphatic heterocycles. The van der Waals surface area contributed by atoms with E-state index in [1.807, 2.05) is 36.2 Å². The fourth-order valence-corrected chi connectivity index (χ4v) is 5.29. The van der Waals surface area contributed by atoms with Gasteiger partial charge in [-0.25, -0.2) is 0 Å². The molecule has 2 atom stereocenters. The van der Waals surface area contributed by atoms with Gasteiger partial charge in [-0.2, -0.15) is 0 Å². The summed E-state index contributed by atoms with van der Waals surface area (Å²) in [5, 5.41) is 0. The summed E-state index contributed by atoms with van der Waals surface area (Å²) in [5.74, 6) is 0.854. The summed E-state index contributed by atoms with van der Waals surface area (Å²) < 4.78 is 12.0. The van der Waals surface area contributed by atoms with Crippen molar-refractivity contribution in [1.29, 1.82) is 0 Å². The molecule has 182 valence electrons. The molecule has 7 nitrogen and oxygen atoms in total. The second-order valence-electron chi connectivity index (χ2n) is 9.62. The summed E-state index contributed by atoms with van der Waals surface area (Å²) >= 11 is 0. The Kier molecular flexibility index (Phi) is 8.62. The molecule has 0 N–H and O–H groups in total. The third-order valence-corrected chi connectivity index (χ3v) is 7.24. The summed E-state index contributed by atoms with van der Waals surface area (Å²) in [4.78, 5) is 32.8. The molecule has 1 aromatic carbocycles. The molecule has 1 saturated heterocycles. The molecule has 1 aromatic rings. The van der Waals surface area contributed by atoms with E-state index < -0.39 is 0 Å². The van der Waals surface area contributed by atoms with E-state index in [1.165, 1.54) is 0 Å². The number of ether oxygens (including phenoxy) is 2. The van der Waals surface area contributed by atoms with Crippen LogP contribution in [0.25, 0.3) is 0 Å². The quantitative estimate of drug-likeness (QED) is 0.683. The van der Waals surface area contributed by atoms with Crippen molar-refractivity contribution in [1.82, 2.24) is 14.7 Å². The molecule has 0 aromatic heterocycles. The Morgan fingerprint density at radius 2 is 1.67 bits per heavy atom. The van der Waals surface area contributed by atoms with E-state index in [9.17, 15) is 9.59 Å². The maximum atomic E-state index is 13.5. The fourth-order valence-electron chi connectivity index (χ4n) is 5.29. The Hall–Kier alpha value is -2.12. The van der Waals surface area contributed by atoms with Gasteiger partial charge in [0.1, 0.15) is 11.9 Å². The molecule has 2 heterocycles. The molecular formula is C26H39N3O4. The largest absolute Gasteiger partial charge is 0.487 e. The van der Waals surface area contributed by atoms with Crippen LogP contribution in [-0.4, -0.2) is 91.6 Å². The molecule has 4 rings (SSSR count). The number of hydrogen-bond acceptors (Lipinski definition) is 5. The summed E-state index contributed by atoms with van der Waals surface area (Å²) in [6, 6.07) is 7.64. The molecule has 33 heavy (non-hydrogen) atoms. The smallest absolute Gasteiger partial charge is 0.257 e. The van der Waals surface area contributed by atoms with Crippen molar-refractivity contribution in [2.45, 2.75) is 63.5 Å². The number of fused-ring (bicyclic) bond motifs is 2. The van der Waals surface area contributed by atoms with Crippen molar-refractivity contribution in [3.05, 3.63) is 29.8 Å². The molecular weight excluding hydrogens is 418 g/mol. The standard InChI is InChI=1S/C26H39N3O4/c1-27-14-8-2-3-9-15-29(25(30)20-28-16-18-32-19-17-28)22-11-5-7-13-24(22)33-23-12-6-4-10-21(23)26(27)31/h4,6,10,12,22,24H,2-3,5,7-9,11,13-20H2,1H3/t22-,24+/m1/s1. The second-order valence-corrected chi connectivity index (χ2v) is 9.62. The van der Waals surface area contributed by atoms with Crippen LogP contribution in [0.3, 0.4) is 0 Å². The van der Waals surface area contributed by atoms with Gasteiger partial charge in [0.2, 0.25) is 5.91 Å². The first kappa shape index (κ1) is 24.0. The lowest BCUT2D eigenvalue weighted by molar-refractivity contribution is -0.139. The van der Waals surface area contributed by atoms with Crippen LogP contribution in [0.15, 0.2) is 24.3 Å². The van der Waals surface area contributed by atoms with Crippen molar-refractivity contribution in [3.8, 4) is 5.75 Å². The molecule has 3 aliphatic rings. The molecule has 2 fully saturated rings. The number of carbonyl (C=O) groups excluding carboxylic acids is 2. The minimum atomic E-state index is -0.0883. The average molecular weight is 458 g/mol. The van der Waals surface area contributed by atoms with Gasteiger partial charge in [-0.15, -0.1) is 0 Å². The topological polar surface area (TPSA) is 62.3 Å². The molecule has 0 spiro atoms. The van der Waals surface area contributed by atoms with Gasteiger partial charge in [0.25, 0.3) is 5.91 Å². The van der Waals surface area contributed by atoms with Gasteiger partial charge in [-0.1, -0.05) is 31.4 Å². The molecule has 1 aliphatic carbocycles. The zero-order valence-electron chi connectivity index (χ0n) is 20.0. The van der Waals surface area contributed by atoms with Crippen LogP contribution in [-0.2, 0) is 9.53 Å². The highest BCUT2D eigenvalue weighted by molar-refractivity contribution is 5.96. The number of amides is 2. The lowest BCUT2D eigenvalue weighted by Gasteiger charge is -2.41. The number of para-hydroxylation sites is 1. The Labute approximate surface area is 198 Å². The number of benzene rings is 1. The lowest BCUT2D eigenvalue weighted by Crippen LogP contribution is -2.54. The van der Waals surface area contributed by atoms with Crippen LogP contribution < -0.4 is 4.74 Å². The number of rotatable bonds is 2. The zero-order valence-corrected chi connectivity index (χ0v) is 20.0. The third-order valence-electron chi connectivity index (χ3n) is 7.24. The lowest BCUT2D eigenvalue weighted by atomic mass is 9.90. The number of carbonyl (C=O) groups is 2. The summed E-state index contributed by atoms with van der Waals surface area (Å²) in [7, 11) is 1.88. The van der Waals surface area contributed by atoms with Crippen LogP contribution in [0.5, 0.6) is 5.75 Å². The second kappa shape index (κ2) is 11.8. The molecule has 7 heteroatoms. The van der Waals surface area contributed by atoms with Crippen molar-refractivity contribution < 1.29 is 19.1 Å². The van der Waals surface area contributed by atoms with E-state index in [0.717, 1.165) is 77.5 Å². The fraction of sp³-hybridized carbons (Fsp3) is 0.692. The Bertz CT molecular complexity index is 795. The summed E-state index contributed by atoms with van der Waals surface area (Å²) in [6.45, 7) is 4.99. The first-order valence-electron chi connectivity index (χ1n) is 12.7. The van der Waals surface area contributed by atoms with Crippen LogP contribution in [0, 0.1) is 0 Å². The van der Waals surface area contributed by atoms with Crippen molar-refractivity contribution in [2.24, 2.45) is 0 Å². The van der Waals surface area contributed by atoms with Gasteiger partial charge in [-0.05, 0) is 44.2 Å². The number of morpholine rings is 1. The molecule has 2 amide bonds. The molecule has 0 radical (unpaired) electrons. The monoisotopic (exact) mass is 457 g/mol. The van der Waals surface area contributed by atoms with Gasteiger partial charge in [0, 0.05) is 33.2 Å². The predicted molar refractivity (Wildman–Crippen MR) is 128 cm³/mol. The average Bonchev–Trinajstić information content (AvgIpc) is 2.84. The summed E-state index contributed by atoms with van der Waals surface area (Å²) in [6.07, 6.45) is 8.06. The van der Waals surface area contributed by atoms with Gasteiger partial charge in [0.05, 0.1) is 31.4 Å². The van der Waals surface area contributed by atoms with Crippen LogP contribution >= 0.6 is 0 Å². The van der Waals surface area contributed by atoms with Gasteiger partial charge in [-0.3, -0.25) is 14.5 Å². The number of hydrogen-bond donors (Lipinski definition) is 0. The molecule has 0 bridgehead atoms. The van der Waals surface area contributed by atoms with E-state index in [-0.39, 0.29) is 24.0 Å². The van der Waals surface area contributed by atoms with E-state index in [4.69, 9.17) is 9.47 Å². The SMILES string of the molecule is CN1CCCCCCN(C(=O)CN2CCOCC2)[C@@H]2CCCC[C@@H]2Oc2ccccc2C1=O. The predicted octanol–water partition coefficient (Wildman–Crippen LogP) is 3.18. The van der Waals surface area contributed by atoms with E-state index in [0.29, 0.717) is 31.1 Å². The van der Waals surface area contributed by atoms with E-state index in [2.05, 4.69) is 9.80 Å². The van der Waals surface area contributed by atoms with Crippen molar-refractivity contribution >= 4 is 11.8 Å². The maximum absolute atomic E-state index is 13.5. The highest BCUT2D eigenvalue weighted by atomic mass is 16.5. The Morgan fingerprint density at radius 3 is 2.48 bits per heavy atom. The van der Waals surface area contributed by atoms with E-state index in [1.54, 1.807) is 0 Å². The van der Waals surface area contributed by atoms with Crippen LogP contribution in [0.2, 0.25) is 0 Å². The van der Waals surface area contributed by atoms with Gasteiger partial charge in [0.15, 0.2) is 0 Å². The number of nitrogens with zero attached hydrogens (tertiary/aromatic N) is 3. The van der Waals surface area contributed by atoms with Crippen molar-refractivity contribution in [2.75, 3.05) is 53.0 Å². The Balaban J connectivity index is 1.58. The zero-order chi connectivity index (χ0) is 23.0. The third kappa shape index (κ3) is 6.27. The molecule has 0 unspecified atom stereocenters. The van der Waals surface area contributed by atoms with Crippen molar-refractivity contribution in [3.63, 3.8) is 0 Å². The van der Waals surface area contributed by atoms with Crippen LogP contribution in [0.1, 0.15) is 61.7 Å². The first-order valence-corrected chi connectivity index (χ1v) is 12.7. The summed E-state index contributed by atoms with van der Waals surface area (Å²) in [5.41, 5.74) is 0.618. The minimum absolute atomic E-state index is 0.00951. The first-order chi connectivity index (χ1) is 16.1. The molecule has 1 saturated carbocycles. The Morgan fingerprint density at radius 1 is 0.939 bits per heavy atom. The maximum Gasteiger partial charge on any atom is 0.257 e. The highest BCUT2D eigenvalue weighted by Crippen LogP contribution is 2.30. The minimum Gasteiger partial charge on any atom is -0.487 e.